The Bertz CT molecular complexity index is 560. The maximum absolute atomic E-state index is 6.14. The van der Waals surface area contributed by atoms with Gasteiger partial charge in [-0.3, -0.25) is 0 Å². The van der Waals surface area contributed by atoms with E-state index in [0.29, 0.717) is 10.0 Å². The zero-order valence-corrected chi connectivity index (χ0v) is 14.3. The van der Waals surface area contributed by atoms with Crippen LogP contribution in [-0.2, 0) is 0 Å². The molecule has 0 spiro atoms. The van der Waals surface area contributed by atoms with Gasteiger partial charge in [0.2, 0.25) is 0 Å². The van der Waals surface area contributed by atoms with E-state index in [9.17, 15) is 0 Å². The van der Waals surface area contributed by atoms with Gasteiger partial charge in [-0.1, -0.05) is 54.4 Å². The highest BCUT2D eigenvalue weighted by atomic mass is 35.5. The molecule has 0 amide bonds. The van der Waals surface area contributed by atoms with E-state index in [4.69, 9.17) is 23.2 Å². The van der Waals surface area contributed by atoms with Gasteiger partial charge in [-0.2, -0.15) is 0 Å². The van der Waals surface area contributed by atoms with Gasteiger partial charge in [-0.25, -0.2) is 0 Å². The molecule has 1 N–H and O–H groups in total. The van der Waals surface area contributed by atoms with Crippen molar-refractivity contribution in [2.75, 3.05) is 12.3 Å². The Balaban J connectivity index is 2.08. The number of rotatable bonds is 7. The third kappa shape index (κ3) is 5.23. The van der Waals surface area contributed by atoms with Crippen molar-refractivity contribution in [1.82, 2.24) is 5.32 Å². The summed E-state index contributed by atoms with van der Waals surface area (Å²) in [5.74, 6) is 0.960. The molecule has 2 rings (SSSR count). The summed E-state index contributed by atoms with van der Waals surface area (Å²) in [7, 11) is 0. The second kappa shape index (κ2) is 8.70. The Morgan fingerprint density at radius 3 is 2.48 bits per heavy atom. The lowest BCUT2D eigenvalue weighted by Gasteiger charge is -2.19. The molecule has 2 aromatic rings. The van der Waals surface area contributed by atoms with Crippen molar-refractivity contribution < 1.29 is 0 Å². The first kappa shape index (κ1) is 16.7. The quantitative estimate of drug-likeness (QED) is 0.637. The Kier molecular flexibility index (Phi) is 6.91. The molecule has 112 valence electrons. The molecule has 21 heavy (non-hydrogen) atoms. The fourth-order valence-electron chi connectivity index (χ4n) is 2.02. The van der Waals surface area contributed by atoms with Crippen molar-refractivity contribution in [2.45, 2.75) is 24.3 Å². The molecule has 1 atom stereocenters. The van der Waals surface area contributed by atoms with E-state index in [1.54, 1.807) is 0 Å². The molecular formula is C17H19Cl2NS. The standard InChI is InChI=1S/C17H19Cl2NS/c1-2-10-20-17(12-21-14-6-4-3-5-7-14)13-8-9-15(18)16(19)11-13/h3-9,11,17,20H,2,10,12H2,1H3. The highest BCUT2D eigenvalue weighted by Crippen LogP contribution is 2.29. The summed E-state index contributed by atoms with van der Waals surface area (Å²) < 4.78 is 0. The third-order valence-corrected chi connectivity index (χ3v) is 4.99. The summed E-state index contributed by atoms with van der Waals surface area (Å²) in [5, 5.41) is 4.80. The molecule has 1 unspecified atom stereocenters. The lowest BCUT2D eigenvalue weighted by molar-refractivity contribution is 0.577. The van der Waals surface area contributed by atoms with Gasteiger partial charge in [0.25, 0.3) is 0 Å². The predicted molar refractivity (Wildman–Crippen MR) is 94.7 cm³/mol. The minimum Gasteiger partial charge on any atom is -0.309 e. The fraction of sp³-hybridized carbons (Fsp3) is 0.294. The van der Waals surface area contributed by atoms with Crippen molar-refractivity contribution in [3.8, 4) is 0 Å². The molecule has 4 heteroatoms. The normalized spacial score (nSPS) is 12.3. The molecule has 0 radical (unpaired) electrons. The second-order valence-corrected chi connectivity index (χ2v) is 6.71. The van der Waals surface area contributed by atoms with Crippen molar-refractivity contribution in [3.05, 3.63) is 64.1 Å². The highest BCUT2D eigenvalue weighted by Gasteiger charge is 2.12. The first-order chi connectivity index (χ1) is 10.2. The van der Waals surface area contributed by atoms with Crippen LogP contribution in [0.1, 0.15) is 24.9 Å². The van der Waals surface area contributed by atoms with Gasteiger partial charge in [0.05, 0.1) is 10.0 Å². The fourth-order valence-corrected chi connectivity index (χ4v) is 3.34. The number of benzene rings is 2. The van der Waals surface area contributed by atoms with Crippen LogP contribution in [0.2, 0.25) is 10.0 Å². The molecule has 0 bridgehead atoms. The Morgan fingerprint density at radius 1 is 1.05 bits per heavy atom. The Hall–Kier alpha value is -0.670. The molecule has 2 aromatic carbocycles. The largest absolute Gasteiger partial charge is 0.309 e. The SMILES string of the molecule is CCCNC(CSc1ccccc1)c1ccc(Cl)c(Cl)c1. The van der Waals surface area contributed by atoms with Gasteiger partial charge in [0.1, 0.15) is 0 Å². The van der Waals surface area contributed by atoms with E-state index in [2.05, 4.69) is 36.5 Å². The van der Waals surface area contributed by atoms with Crippen LogP contribution in [0, 0.1) is 0 Å². The van der Waals surface area contributed by atoms with Gasteiger partial charge in [-0.15, -0.1) is 11.8 Å². The van der Waals surface area contributed by atoms with E-state index in [1.165, 1.54) is 10.5 Å². The zero-order valence-electron chi connectivity index (χ0n) is 12.0. The van der Waals surface area contributed by atoms with Crippen LogP contribution in [0.3, 0.4) is 0 Å². The third-order valence-electron chi connectivity index (χ3n) is 3.15. The number of hydrogen-bond acceptors (Lipinski definition) is 2. The average Bonchev–Trinajstić information content (AvgIpc) is 2.51. The molecular weight excluding hydrogens is 321 g/mol. The van der Waals surface area contributed by atoms with E-state index in [-0.39, 0.29) is 6.04 Å². The summed E-state index contributed by atoms with van der Waals surface area (Å²) in [6.07, 6.45) is 1.10. The predicted octanol–water partition coefficient (Wildman–Crippen LogP) is 5.83. The highest BCUT2D eigenvalue weighted by molar-refractivity contribution is 7.99. The maximum atomic E-state index is 6.14. The van der Waals surface area contributed by atoms with E-state index < -0.39 is 0 Å². The molecule has 0 heterocycles. The monoisotopic (exact) mass is 339 g/mol. The molecule has 0 aliphatic rings. The Morgan fingerprint density at radius 2 is 1.81 bits per heavy atom. The van der Waals surface area contributed by atoms with Gasteiger partial charge >= 0.3 is 0 Å². The first-order valence-corrected chi connectivity index (χ1v) is 8.81. The van der Waals surface area contributed by atoms with Crippen molar-refractivity contribution in [1.29, 1.82) is 0 Å². The lowest BCUT2D eigenvalue weighted by Crippen LogP contribution is -2.24. The maximum Gasteiger partial charge on any atom is 0.0595 e. The summed E-state index contributed by atoms with van der Waals surface area (Å²) in [4.78, 5) is 1.28. The van der Waals surface area contributed by atoms with Gasteiger partial charge in [0.15, 0.2) is 0 Å². The van der Waals surface area contributed by atoms with Crippen LogP contribution in [0.15, 0.2) is 53.4 Å². The van der Waals surface area contributed by atoms with Crippen LogP contribution in [0.5, 0.6) is 0 Å². The zero-order chi connectivity index (χ0) is 15.1. The number of nitrogens with one attached hydrogen (secondary N) is 1. The first-order valence-electron chi connectivity index (χ1n) is 7.07. The van der Waals surface area contributed by atoms with E-state index in [0.717, 1.165) is 18.7 Å². The lowest BCUT2D eigenvalue weighted by atomic mass is 10.1. The van der Waals surface area contributed by atoms with E-state index in [1.807, 2.05) is 36.0 Å². The molecule has 0 saturated carbocycles. The van der Waals surface area contributed by atoms with Gasteiger partial charge in [0, 0.05) is 16.7 Å². The second-order valence-electron chi connectivity index (χ2n) is 4.80. The number of halogens is 2. The molecule has 0 fully saturated rings. The summed E-state index contributed by atoms with van der Waals surface area (Å²) in [5.41, 5.74) is 1.18. The Labute approximate surface area is 141 Å². The topological polar surface area (TPSA) is 12.0 Å². The van der Waals surface area contributed by atoms with E-state index >= 15 is 0 Å². The van der Waals surface area contributed by atoms with Crippen molar-refractivity contribution >= 4 is 35.0 Å². The van der Waals surface area contributed by atoms with Crippen LogP contribution in [0.25, 0.3) is 0 Å². The molecule has 0 aliphatic heterocycles. The van der Waals surface area contributed by atoms with Crippen molar-refractivity contribution in [2.24, 2.45) is 0 Å². The van der Waals surface area contributed by atoms with Crippen LogP contribution in [-0.4, -0.2) is 12.3 Å². The van der Waals surface area contributed by atoms with Crippen molar-refractivity contribution in [3.63, 3.8) is 0 Å². The minimum atomic E-state index is 0.268. The molecule has 1 nitrogen and oxygen atoms in total. The van der Waals surface area contributed by atoms with Crippen LogP contribution >= 0.6 is 35.0 Å². The smallest absolute Gasteiger partial charge is 0.0595 e. The van der Waals surface area contributed by atoms with Crippen LogP contribution < -0.4 is 5.32 Å². The average molecular weight is 340 g/mol. The number of thioether (sulfide) groups is 1. The summed E-state index contributed by atoms with van der Waals surface area (Å²) in [6.45, 7) is 3.16. The van der Waals surface area contributed by atoms with Crippen LogP contribution in [0.4, 0.5) is 0 Å². The summed E-state index contributed by atoms with van der Waals surface area (Å²) >= 11 is 14.0. The molecule has 0 saturated heterocycles. The van der Waals surface area contributed by atoms with Gasteiger partial charge in [-0.05, 0) is 42.8 Å². The summed E-state index contributed by atoms with van der Waals surface area (Å²) in [6, 6.07) is 16.6. The van der Waals surface area contributed by atoms with Gasteiger partial charge < -0.3 is 5.32 Å². The minimum absolute atomic E-state index is 0.268. The number of hydrogen-bond donors (Lipinski definition) is 1. The molecule has 0 aliphatic carbocycles. The molecule has 0 aromatic heterocycles.